The van der Waals surface area contributed by atoms with Crippen LogP contribution >= 0.6 is 23.2 Å². The minimum Gasteiger partial charge on any atom is -0.355 e. The summed E-state index contributed by atoms with van der Waals surface area (Å²) in [5.41, 5.74) is 2.85. The molecule has 1 saturated carbocycles. The molecule has 9 heteroatoms. The van der Waals surface area contributed by atoms with Crippen LogP contribution in [0, 0.1) is 10.8 Å². The lowest BCUT2D eigenvalue weighted by atomic mass is 9.76. The molecule has 5 rings (SSSR count). The molecule has 0 spiro atoms. The molecule has 206 valence electrons. The van der Waals surface area contributed by atoms with Gasteiger partial charge in [0, 0.05) is 39.3 Å². The molecule has 0 saturated heterocycles. The van der Waals surface area contributed by atoms with Crippen LogP contribution in [0.15, 0.2) is 78.0 Å². The van der Waals surface area contributed by atoms with Crippen LogP contribution in [-0.2, 0) is 16.0 Å². The Balaban J connectivity index is 1.53. The van der Waals surface area contributed by atoms with Gasteiger partial charge in [-0.25, -0.2) is 0 Å². The molecular formula is C31H29Cl2N3O4. The maximum Gasteiger partial charge on any atom is 0.289 e. The van der Waals surface area contributed by atoms with Gasteiger partial charge in [0.25, 0.3) is 11.8 Å². The number of carbonyl (C=O) groups is 3. The zero-order chi connectivity index (χ0) is 28.2. The van der Waals surface area contributed by atoms with Gasteiger partial charge in [0.2, 0.25) is 5.91 Å². The highest BCUT2D eigenvalue weighted by Crippen LogP contribution is 2.48. The van der Waals surface area contributed by atoms with Crippen LogP contribution in [0.2, 0.25) is 10.0 Å². The minimum absolute atomic E-state index is 0.191. The van der Waals surface area contributed by atoms with Crippen LogP contribution in [0.1, 0.15) is 64.7 Å². The zero-order valence-electron chi connectivity index (χ0n) is 21.8. The Labute approximate surface area is 242 Å². The van der Waals surface area contributed by atoms with E-state index >= 15 is 0 Å². The van der Waals surface area contributed by atoms with Crippen molar-refractivity contribution < 1.29 is 14.4 Å². The van der Waals surface area contributed by atoms with E-state index in [1.807, 2.05) is 42.5 Å². The summed E-state index contributed by atoms with van der Waals surface area (Å²) in [5.74, 6) is -2.22. The second kappa shape index (κ2) is 12.3. The van der Waals surface area contributed by atoms with Crippen LogP contribution in [0.4, 0.5) is 0 Å². The third kappa shape index (κ3) is 5.67. The Hall–Kier alpha value is -3.55. The van der Waals surface area contributed by atoms with E-state index in [0.29, 0.717) is 65.4 Å². The number of amides is 3. The standard InChI is InChI=1S/C31H29Cl2N3O4/c32-21-12-15-25(26(33)18-21)28-27(30(38)34-17-16-19-6-2-1-3-7-19)23-8-4-5-9-24(23)31(39)36(28)22-13-10-20(11-14-22)29(37)35-40/h1-9,12,15,18,20,22,27-28H,10-11,13-14,16-17H2,(H,34,38)/t20?,22?,27-,28+/m1/s1. The van der Waals surface area contributed by atoms with Gasteiger partial charge in [-0.05, 0) is 67.0 Å². The van der Waals surface area contributed by atoms with E-state index in [1.165, 1.54) is 0 Å². The quantitative estimate of drug-likeness (QED) is 0.325. The number of nitroso groups, excluding NO2 is 1. The fourth-order valence-corrected chi connectivity index (χ4v) is 6.59. The van der Waals surface area contributed by atoms with Gasteiger partial charge in [0.05, 0.1) is 12.0 Å². The number of halogens is 2. The molecular weight excluding hydrogens is 549 g/mol. The van der Waals surface area contributed by atoms with E-state index in [4.69, 9.17) is 23.2 Å². The van der Waals surface area contributed by atoms with Crippen molar-refractivity contribution in [1.82, 2.24) is 10.2 Å². The Bertz CT molecular complexity index is 1420. The summed E-state index contributed by atoms with van der Waals surface area (Å²) >= 11 is 13.0. The summed E-state index contributed by atoms with van der Waals surface area (Å²) in [6.45, 7) is 0.433. The molecule has 3 amide bonds. The molecule has 0 aromatic heterocycles. The number of hydrogen-bond donors (Lipinski definition) is 1. The van der Waals surface area contributed by atoms with Gasteiger partial charge in [-0.1, -0.05) is 77.8 Å². The first-order valence-corrected chi connectivity index (χ1v) is 14.2. The van der Waals surface area contributed by atoms with E-state index in [2.05, 4.69) is 10.5 Å². The highest BCUT2D eigenvalue weighted by molar-refractivity contribution is 6.35. The summed E-state index contributed by atoms with van der Waals surface area (Å²) in [5, 5.41) is 6.53. The molecule has 7 nitrogen and oxygen atoms in total. The maximum absolute atomic E-state index is 14.1. The van der Waals surface area contributed by atoms with Crippen LogP contribution in [0.5, 0.6) is 0 Å². The van der Waals surface area contributed by atoms with Crippen molar-refractivity contribution in [2.45, 2.75) is 50.1 Å². The van der Waals surface area contributed by atoms with Gasteiger partial charge >= 0.3 is 0 Å². The Morgan fingerprint density at radius 2 is 1.60 bits per heavy atom. The second-order valence-corrected chi connectivity index (χ2v) is 11.2. The monoisotopic (exact) mass is 577 g/mol. The van der Waals surface area contributed by atoms with Crippen molar-refractivity contribution in [2.75, 3.05) is 6.54 Å². The fraction of sp³-hybridized carbons (Fsp3) is 0.323. The van der Waals surface area contributed by atoms with Crippen LogP contribution in [0.3, 0.4) is 0 Å². The van der Waals surface area contributed by atoms with E-state index < -0.39 is 23.8 Å². The third-order valence-electron chi connectivity index (χ3n) is 8.02. The number of nitrogens with zero attached hydrogens (tertiary/aromatic N) is 2. The van der Waals surface area contributed by atoms with E-state index in [0.717, 1.165) is 5.56 Å². The first-order chi connectivity index (χ1) is 19.4. The Morgan fingerprint density at radius 3 is 2.30 bits per heavy atom. The van der Waals surface area contributed by atoms with Crippen molar-refractivity contribution >= 4 is 40.9 Å². The predicted molar refractivity (Wildman–Crippen MR) is 154 cm³/mol. The molecule has 2 atom stereocenters. The van der Waals surface area contributed by atoms with E-state index in [9.17, 15) is 19.3 Å². The van der Waals surface area contributed by atoms with Crippen molar-refractivity contribution in [1.29, 1.82) is 0 Å². The molecule has 1 fully saturated rings. The lowest BCUT2D eigenvalue weighted by Gasteiger charge is -2.47. The topological polar surface area (TPSA) is 95.9 Å². The predicted octanol–water partition coefficient (Wildman–Crippen LogP) is 6.48. The number of nitrogens with one attached hydrogen (secondary N) is 1. The third-order valence-corrected chi connectivity index (χ3v) is 8.59. The smallest absolute Gasteiger partial charge is 0.289 e. The van der Waals surface area contributed by atoms with Crippen molar-refractivity contribution in [3.8, 4) is 0 Å². The molecule has 0 radical (unpaired) electrons. The van der Waals surface area contributed by atoms with Crippen LogP contribution in [-0.4, -0.2) is 35.2 Å². The van der Waals surface area contributed by atoms with Crippen LogP contribution in [0.25, 0.3) is 0 Å². The van der Waals surface area contributed by atoms with Gasteiger partial charge in [-0.2, -0.15) is 0 Å². The molecule has 0 bridgehead atoms. The summed E-state index contributed by atoms with van der Waals surface area (Å²) in [6.07, 6.45) is 2.55. The number of rotatable bonds is 7. The van der Waals surface area contributed by atoms with Gasteiger partial charge in [-0.3, -0.25) is 14.4 Å². The van der Waals surface area contributed by atoms with Gasteiger partial charge in [0.1, 0.15) is 0 Å². The molecule has 1 heterocycles. The van der Waals surface area contributed by atoms with Gasteiger partial charge in [0.15, 0.2) is 0 Å². The highest BCUT2D eigenvalue weighted by Gasteiger charge is 2.48. The number of hydrogen-bond acceptors (Lipinski definition) is 4. The van der Waals surface area contributed by atoms with Crippen molar-refractivity contribution in [2.24, 2.45) is 11.1 Å². The maximum atomic E-state index is 14.1. The molecule has 0 unspecified atom stereocenters. The Kier molecular flexibility index (Phi) is 8.62. The van der Waals surface area contributed by atoms with Gasteiger partial charge in [-0.15, -0.1) is 4.91 Å². The molecule has 40 heavy (non-hydrogen) atoms. The molecule has 1 aliphatic carbocycles. The zero-order valence-corrected chi connectivity index (χ0v) is 23.3. The first kappa shape index (κ1) is 28.0. The van der Waals surface area contributed by atoms with Crippen molar-refractivity contribution in [3.63, 3.8) is 0 Å². The summed E-state index contributed by atoms with van der Waals surface area (Å²) in [6, 6.07) is 21.3. The summed E-state index contributed by atoms with van der Waals surface area (Å²) in [4.78, 5) is 52.7. The second-order valence-electron chi connectivity index (χ2n) is 10.3. The summed E-state index contributed by atoms with van der Waals surface area (Å²) < 4.78 is 0. The largest absolute Gasteiger partial charge is 0.355 e. The Morgan fingerprint density at radius 1 is 0.900 bits per heavy atom. The van der Waals surface area contributed by atoms with E-state index in [-0.39, 0.29) is 17.9 Å². The highest BCUT2D eigenvalue weighted by atomic mass is 35.5. The SMILES string of the molecule is O=NC(=O)C1CCC(N2C(=O)c3ccccc3[C@@H](C(=O)NCCc3ccccc3)[C@@H]2c2ccc(Cl)cc2Cl)CC1. The fourth-order valence-electron chi connectivity index (χ4n) is 6.07. The summed E-state index contributed by atoms with van der Waals surface area (Å²) in [7, 11) is 0. The lowest BCUT2D eigenvalue weighted by Crippen LogP contribution is -2.52. The lowest BCUT2D eigenvalue weighted by molar-refractivity contribution is -0.124. The molecule has 1 aliphatic heterocycles. The molecule has 1 N–H and O–H groups in total. The number of carbonyl (C=O) groups excluding carboxylic acids is 3. The van der Waals surface area contributed by atoms with Crippen molar-refractivity contribution in [3.05, 3.63) is 110 Å². The van der Waals surface area contributed by atoms with E-state index in [1.54, 1.807) is 35.2 Å². The molecule has 3 aromatic rings. The van der Waals surface area contributed by atoms with Crippen LogP contribution < -0.4 is 5.32 Å². The molecule has 3 aromatic carbocycles. The average Bonchev–Trinajstić information content (AvgIpc) is 2.97. The number of benzene rings is 3. The first-order valence-electron chi connectivity index (χ1n) is 13.4. The van der Waals surface area contributed by atoms with Gasteiger partial charge < -0.3 is 10.2 Å². The number of fused-ring (bicyclic) bond motifs is 1. The average molecular weight is 578 g/mol. The minimum atomic E-state index is -0.723. The molecule has 2 aliphatic rings. The normalized spacial score (nSPS) is 22.4.